The number of benzene rings is 2. The minimum Gasteiger partial charge on any atom is -0.366 e. The van der Waals surface area contributed by atoms with Crippen LogP contribution in [-0.2, 0) is 4.79 Å². The van der Waals surface area contributed by atoms with Gasteiger partial charge >= 0.3 is 0 Å². The summed E-state index contributed by atoms with van der Waals surface area (Å²) in [6.07, 6.45) is 0. The molecule has 27 heavy (non-hydrogen) atoms. The van der Waals surface area contributed by atoms with Crippen molar-refractivity contribution in [2.45, 2.75) is 39.7 Å². The van der Waals surface area contributed by atoms with E-state index >= 15 is 0 Å². The first-order valence-corrected chi connectivity index (χ1v) is 9.40. The van der Waals surface area contributed by atoms with Crippen LogP contribution in [0.3, 0.4) is 0 Å². The zero-order chi connectivity index (χ0) is 20.0. The fourth-order valence-corrected chi connectivity index (χ4v) is 3.06. The molecule has 5 nitrogen and oxygen atoms in total. The van der Waals surface area contributed by atoms with Crippen LogP contribution in [0, 0.1) is 5.92 Å². The predicted octanol–water partition coefficient (Wildman–Crippen LogP) is 2.81. The van der Waals surface area contributed by atoms with E-state index in [9.17, 15) is 9.59 Å². The summed E-state index contributed by atoms with van der Waals surface area (Å²) in [4.78, 5) is 23.4. The van der Waals surface area contributed by atoms with Crippen molar-refractivity contribution in [3.63, 3.8) is 0 Å². The zero-order valence-corrected chi connectivity index (χ0v) is 16.5. The van der Waals surface area contributed by atoms with Gasteiger partial charge in [0, 0.05) is 22.7 Å². The zero-order valence-electron chi connectivity index (χ0n) is 16.5. The molecule has 1 atom stereocenters. The van der Waals surface area contributed by atoms with Gasteiger partial charge in [0.15, 0.2) is 6.54 Å². The molecule has 0 spiro atoms. The van der Waals surface area contributed by atoms with Crippen LogP contribution in [0.5, 0.6) is 0 Å². The van der Waals surface area contributed by atoms with Gasteiger partial charge in [-0.2, -0.15) is 0 Å². The van der Waals surface area contributed by atoms with E-state index in [1.54, 1.807) is 24.3 Å². The Balaban J connectivity index is 1.96. The Kier molecular flexibility index (Phi) is 7.13. The van der Waals surface area contributed by atoms with Gasteiger partial charge < -0.3 is 16.4 Å². The van der Waals surface area contributed by atoms with Crippen molar-refractivity contribution in [3.8, 4) is 0 Å². The fraction of sp³-hybridized carbons (Fsp3) is 0.364. The van der Waals surface area contributed by atoms with E-state index in [2.05, 4.69) is 62.6 Å². The largest absolute Gasteiger partial charge is 0.366 e. The Morgan fingerprint density at radius 2 is 1.48 bits per heavy atom. The van der Waals surface area contributed by atoms with E-state index in [1.165, 1.54) is 11.1 Å². The van der Waals surface area contributed by atoms with Crippen LogP contribution in [0.1, 0.15) is 61.1 Å². The summed E-state index contributed by atoms with van der Waals surface area (Å²) in [5, 5.41) is 4.93. The number of nitrogens with two attached hydrogens (primary N) is 2. The summed E-state index contributed by atoms with van der Waals surface area (Å²) < 4.78 is 0. The number of carbonyl (C=O) groups excluding carboxylic acids is 2. The molecule has 0 radical (unpaired) electrons. The number of anilines is 1. The molecule has 5 N–H and O–H groups in total. The second-order valence-electron chi connectivity index (χ2n) is 7.52. The van der Waals surface area contributed by atoms with Crippen molar-refractivity contribution in [2.75, 3.05) is 11.9 Å². The minimum atomic E-state index is -0.482. The molecule has 5 heteroatoms. The van der Waals surface area contributed by atoms with Gasteiger partial charge in [0.25, 0.3) is 5.91 Å². The van der Waals surface area contributed by atoms with E-state index in [4.69, 9.17) is 5.73 Å². The summed E-state index contributed by atoms with van der Waals surface area (Å²) in [6, 6.07) is 15.5. The maximum absolute atomic E-state index is 12.3. The highest BCUT2D eigenvalue weighted by molar-refractivity contribution is 5.95. The Morgan fingerprint density at radius 3 is 1.96 bits per heavy atom. The predicted molar refractivity (Wildman–Crippen MR) is 108 cm³/mol. The third-order valence-corrected chi connectivity index (χ3v) is 4.72. The molecule has 0 aliphatic rings. The van der Waals surface area contributed by atoms with Crippen molar-refractivity contribution in [2.24, 2.45) is 11.7 Å². The summed E-state index contributed by atoms with van der Waals surface area (Å²) in [5.41, 5.74) is 8.85. The fourth-order valence-electron chi connectivity index (χ4n) is 3.06. The number of quaternary nitrogens is 1. The van der Waals surface area contributed by atoms with Crippen LogP contribution < -0.4 is 16.4 Å². The molecule has 2 aromatic carbocycles. The van der Waals surface area contributed by atoms with Gasteiger partial charge in [-0.15, -0.1) is 0 Å². The average molecular weight is 369 g/mol. The van der Waals surface area contributed by atoms with Gasteiger partial charge in [-0.3, -0.25) is 9.59 Å². The van der Waals surface area contributed by atoms with Crippen molar-refractivity contribution in [3.05, 3.63) is 65.2 Å². The average Bonchev–Trinajstić information content (AvgIpc) is 2.62. The molecule has 0 aliphatic carbocycles. The van der Waals surface area contributed by atoms with Gasteiger partial charge in [-0.05, 0) is 35.7 Å². The number of hydrogen-bond donors (Lipinski definition) is 3. The number of hydrogen-bond acceptors (Lipinski definition) is 2. The molecule has 0 saturated carbocycles. The van der Waals surface area contributed by atoms with E-state index in [0.29, 0.717) is 29.6 Å². The second-order valence-corrected chi connectivity index (χ2v) is 7.52. The van der Waals surface area contributed by atoms with E-state index in [1.807, 2.05) is 0 Å². The van der Waals surface area contributed by atoms with Gasteiger partial charge in [-0.25, -0.2) is 0 Å². The monoisotopic (exact) mass is 368 g/mol. The van der Waals surface area contributed by atoms with Crippen molar-refractivity contribution in [1.29, 1.82) is 0 Å². The second kappa shape index (κ2) is 9.33. The van der Waals surface area contributed by atoms with Gasteiger partial charge in [0.1, 0.15) is 6.04 Å². The van der Waals surface area contributed by atoms with Crippen molar-refractivity contribution in [1.82, 2.24) is 0 Å². The maximum atomic E-state index is 12.3. The van der Waals surface area contributed by atoms with Crippen LogP contribution in [-0.4, -0.2) is 18.4 Å². The van der Waals surface area contributed by atoms with E-state index in [0.717, 1.165) is 0 Å². The summed E-state index contributed by atoms with van der Waals surface area (Å²) >= 11 is 0. The number of rotatable bonds is 8. The molecule has 2 amide bonds. The molecule has 2 aromatic rings. The van der Waals surface area contributed by atoms with Crippen LogP contribution in [0.2, 0.25) is 0 Å². The van der Waals surface area contributed by atoms with Crippen LogP contribution in [0.15, 0.2) is 48.5 Å². The van der Waals surface area contributed by atoms with Crippen molar-refractivity contribution >= 4 is 17.5 Å². The Bertz CT molecular complexity index is 765. The lowest BCUT2D eigenvalue weighted by molar-refractivity contribution is -0.692. The third-order valence-electron chi connectivity index (χ3n) is 4.72. The number of carbonyl (C=O) groups is 2. The number of primary amides is 1. The summed E-state index contributed by atoms with van der Waals surface area (Å²) in [6.45, 7) is 9.02. The quantitative estimate of drug-likeness (QED) is 0.669. The first-order chi connectivity index (χ1) is 12.8. The molecular formula is C22H30N3O2+. The number of nitrogens with one attached hydrogen (secondary N) is 1. The van der Waals surface area contributed by atoms with Gasteiger partial charge in [0.2, 0.25) is 5.91 Å². The molecule has 0 heterocycles. The van der Waals surface area contributed by atoms with Crippen LogP contribution in [0.4, 0.5) is 5.69 Å². The van der Waals surface area contributed by atoms with Crippen LogP contribution >= 0.6 is 0 Å². The third kappa shape index (κ3) is 5.93. The molecule has 144 valence electrons. The first kappa shape index (κ1) is 20.6. The molecule has 0 saturated heterocycles. The van der Waals surface area contributed by atoms with Crippen LogP contribution in [0.25, 0.3) is 0 Å². The highest BCUT2D eigenvalue weighted by atomic mass is 16.2. The van der Waals surface area contributed by atoms with Crippen molar-refractivity contribution < 1.29 is 14.9 Å². The summed E-state index contributed by atoms with van der Waals surface area (Å²) in [5.74, 6) is 0.348. The SMILES string of the molecule is CC(C)c1ccc([C@H]([NH2+]CC(=O)Nc2ccc(C(N)=O)cc2)C(C)C)cc1. The maximum Gasteiger partial charge on any atom is 0.279 e. The topological polar surface area (TPSA) is 88.8 Å². The van der Waals surface area contributed by atoms with Gasteiger partial charge in [0.05, 0.1) is 0 Å². The Hall–Kier alpha value is -2.66. The van der Waals surface area contributed by atoms with E-state index < -0.39 is 5.91 Å². The lowest BCUT2D eigenvalue weighted by Crippen LogP contribution is -2.88. The highest BCUT2D eigenvalue weighted by Crippen LogP contribution is 2.21. The number of amides is 2. The molecule has 0 fully saturated rings. The molecular weight excluding hydrogens is 338 g/mol. The Morgan fingerprint density at radius 1 is 0.926 bits per heavy atom. The standard InChI is InChI=1S/C22H29N3O2/c1-14(2)16-5-7-17(8-6-16)21(15(3)4)24-13-20(26)25-19-11-9-18(10-12-19)22(23)27/h5-12,14-15,21,24H,13H2,1-4H3,(H2,23,27)(H,25,26)/p+1/t21-/m1/s1. The molecule has 0 aliphatic heterocycles. The molecule has 0 unspecified atom stereocenters. The molecule has 0 aromatic heterocycles. The first-order valence-electron chi connectivity index (χ1n) is 9.40. The summed E-state index contributed by atoms with van der Waals surface area (Å²) in [7, 11) is 0. The highest BCUT2D eigenvalue weighted by Gasteiger charge is 2.20. The van der Waals surface area contributed by atoms with Gasteiger partial charge in [-0.1, -0.05) is 52.0 Å². The smallest absolute Gasteiger partial charge is 0.279 e. The Labute approximate surface area is 161 Å². The lowest BCUT2D eigenvalue weighted by Gasteiger charge is -2.20. The molecule has 2 rings (SSSR count). The minimum absolute atomic E-state index is 0.0775. The molecule has 0 bridgehead atoms. The normalized spacial score (nSPS) is 12.2. The van der Waals surface area contributed by atoms with E-state index in [-0.39, 0.29) is 11.9 Å². The lowest BCUT2D eigenvalue weighted by atomic mass is 9.93.